The van der Waals surface area contributed by atoms with Crippen molar-refractivity contribution in [3.8, 4) is 23.0 Å². The van der Waals surface area contributed by atoms with Crippen molar-refractivity contribution in [2.24, 2.45) is 0 Å². The molecule has 4 heterocycles. The van der Waals surface area contributed by atoms with E-state index in [2.05, 4.69) is 97.3 Å². The minimum Gasteiger partial charge on any atom is -0.304 e. The highest BCUT2D eigenvalue weighted by atomic mass is 35.5. The number of rotatable bonds is 17. The molecule has 11 nitrogen and oxygen atoms in total. The Labute approximate surface area is 394 Å². The Hall–Kier alpha value is -6.95. The van der Waals surface area contributed by atoms with Gasteiger partial charge in [0, 0.05) is 38.1 Å². The fraction of sp³-hybridized carbons (Fsp3) is 0.259. The summed E-state index contributed by atoms with van der Waals surface area (Å²) in [6, 6.07) is 51.7. The maximum atomic E-state index is 12.9. The van der Waals surface area contributed by atoms with Crippen LogP contribution in [-0.2, 0) is 43.3 Å². The van der Waals surface area contributed by atoms with Crippen molar-refractivity contribution >= 4 is 22.8 Å². The molecule has 0 spiro atoms. The molecule has 4 aromatic carbocycles. The molecule has 0 aliphatic heterocycles. The van der Waals surface area contributed by atoms with Crippen molar-refractivity contribution in [2.45, 2.75) is 72.1 Å². The number of halogens is 1. The molecule has 8 aromatic rings. The molecular weight excluding hydrogens is 842 g/mol. The molecule has 66 heavy (non-hydrogen) atoms. The summed E-state index contributed by atoms with van der Waals surface area (Å²) >= 11 is 5.19. The quantitative estimate of drug-likeness (QED) is 0.0886. The first-order chi connectivity index (χ1) is 32.3. The lowest BCUT2D eigenvalue weighted by Gasteiger charge is -2.13. The first-order valence-electron chi connectivity index (χ1n) is 22.6. The molecular formula is C54H60ClN9O2. The zero-order valence-electron chi connectivity index (χ0n) is 38.2. The summed E-state index contributed by atoms with van der Waals surface area (Å²) in [5, 5.41) is 11.4. The third-order valence-corrected chi connectivity index (χ3v) is 10.7. The highest BCUT2D eigenvalue weighted by Gasteiger charge is 2.18. The van der Waals surface area contributed by atoms with Gasteiger partial charge in [0.15, 0.2) is 5.82 Å². The predicted octanol–water partition coefficient (Wildman–Crippen LogP) is 10.8. The molecule has 0 saturated carbocycles. The number of carbonyl (C=O) groups is 2. The molecule has 0 fully saturated rings. The third-order valence-electron chi connectivity index (χ3n) is 10.5. The average Bonchev–Trinajstić information content (AvgIpc) is 4.05. The van der Waals surface area contributed by atoms with E-state index in [0.29, 0.717) is 48.9 Å². The summed E-state index contributed by atoms with van der Waals surface area (Å²) in [6.45, 7) is 10.1. The molecule has 0 bridgehead atoms. The van der Waals surface area contributed by atoms with Crippen LogP contribution in [0.4, 0.5) is 0 Å². The zero-order valence-corrected chi connectivity index (χ0v) is 39.0. The van der Waals surface area contributed by atoms with Gasteiger partial charge in [-0.2, -0.15) is 9.78 Å². The molecule has 0 saturated heterocycles. The minimum atomic E-state index is -0.270. The molecule has 0 amide bonds. The van der Waals surface area contributed by atoms with Gasteiger partial charge in [0.1, 0.15) is 23.0 Å². The number of hydrogen-bond acceptors (Lipinski definition) is 9. The Kier molecular flexibility index (Phi) is 21.8. The molecule has 0 unspecified atom stereocenters. The Morgan fingerprint density at radius 1 is 0.515 bits per heavy atom. The number of aromatic amines is 1. The van der Waals surface area contributed by atoms with E-state index in [1.807, 2.05) is 121 Å². The van der Waals surface area contributed by atoms with E-state index >= 15 is 0 Å². The average molecular weight is 903 g/mol. The van der Waals surface area contributed by atoms with Crippen molar-refractivity contribution in [3.63, 3.8) is 0 Å². The van der Waals surface area contributed by atoms with Crippen LogP contribution in [0.2, 0.25) is 0 Å². The highest BCUT2D eigenvalue weighted by molar-refractivity contribution is 6.63. The number of carbonyl (C=O) groups excluding carboxylic acids is 2. The summed E-state index contributed by atoms with van der Waals surface area (Å²) in [4.78, 5) is 43.4. The lowest BCUT2D eigenvalue weighted by Crippen LogP contribution is -2.21. The maximum Gasteiger partial charge on any atom is 0.248 e. The number of benzene rings is 4. The number of aryl methyl sites for hydroxylation is 6. The Bertz CT molecular complexity index is 2530. The number of aromatic nitrogens is 8. The van der Waals surface area contributed by atoms with Crippen LogP contribution in [0.1, 0.15) is 72.3 Å². The monoisotopic (exact) mass is 901 g/mol. The fourth-order valence-electron chi connectivity index (χ4n) is 6.69. The van der Waals surface area contributed by atoms with E-state index < -0.39 is 0 Å². The van der Waals surface area contributed by atoms with Gasteiger partial charge >= 0.3 is 0 Å². The van der Waals surface area contributed by atoms with Crippen LogP contribution < -0.4 is 0 Å². The van der Waals surface area contributed by atoms with Gasteiger partial charge in [0.05, 0.1) is 0 Å². The van der Waals surface area contributed by atoms with E-state index in [0.717, 1.165) is 48.3 Å². The van der Waals surface area contributed by atoms with Crippen molar-refractivity contribution < 1.29 is 9.59 Å². The summed E-state index contributed by atoms with van der Waals surface area (Å²) in [5.41, 5.74) is 6.27. The molecule has 0 radical (unpaired) electrons. The highest BCUT2D eigenvalue weighted by Crippen LogP contribution is 2.16. The smallest absolute Gasteiger partial charge is 0.248 e. The van der Waals surface area contributed by atoms with Crippen LogP contribution in [0.15, 0.2) is 170 Å². The molecule has 0 atom stereocenters. The molecule has 0 aliphatic carbocycles. The number of nitrogens with zero attached hydrogens (tertiary/aromatic N) is 8. The van der Waals surface area contributed by atoms with Gasteiger partial charge in [0.25, 0.3) is 0 Å². The molecule has 4 aromatic heterocycles. The third kappa shape index (κ3) is 17.9. The fourth-order valence-corrected chi connectivity index (χ4v) is 6.79. The van der Waals surface area contributed by atoms with Gasteiger partial charge in [-0.1, -0.05) is 154 Å². The van der Waals surface area contributed by atoms with Crippen LogP contribution in [0.5, 0.6) is 0 Å². The number of pyridine rings is 2. The molecule has 1 N–H and O–H groups in total. The van der Waals surface area contributed by atoms with E-state index in [1.54, 1.807) is 12.4 Å². The van der Waals surface area contributed by atoms with Gasteiger partial charge < -0.3 is 4.90 Å². The van der Waals surface area contributed by atoms with Crippen molar-refractivity contribution in [3.05, 3.63) is 204 Å². The largest absolute Gasteiger partial charge is 0.304 e. The van der Waals surface area contributed by atoms with Gasteiger partial charge in [-0.3, -0.25) is 24.7 Å². The Balaban J connectivity index is 0.000000188. The van der Waals surface area contributed by atoms with Gasteiger partial charge in [-0.25, -0.2) is 9.97 Å². The number of nitrogens with one attached hydrogen (secondary N) is 1. The van der Waals surface area contributed by atoms with E-state index in [1.165, 1.54) is 35.4 Å². The van der Waals surface area contributed by atoms with Gasteiger partial charge in [-0.15, -0.1) is 5.10 Å². The van der Waals surface area contributed by atoms with Crippen LogP contribution in [-0.4, -0.2) is 75.6 Å². The first-order valence-corrected chi connectivity index (χ1v) is 23.0. The van der Waals surface area contributed by atoms with Crippen molar-refractivity contribution in [1.29, 1.82) is 0 Å². The van der Waals surface area contributed by atoms with Crippen molar-refractivity contribution in [2.75, 3.05) is 19.6 Å². The maximum absolute atomic E-state index is 12.9. The number of hydrogen-bond donors (Lipinski definition) is 1. The Morgan fingerprint density at radius 3 is 1.39 bits per heavy atom. The summed E-state index contributed by atoms with van der Waals surface area (Å²) in [5.74, 6) is 2.66. The zero-order chi connectivity index (χ0) is 46.6. The van der Waals surface area contributed by atoms with Gasteiger partial charge in [0.2, 0.25) is 17.0 Å². The second-order valence-corrected chi connectivity index (χ2v) is 15.5. The Morgan fingerprint density at radius 2 is 0.955 bits per heavy atom. The van der Waals surface area contributed by atoms with Crippen LogP contribution in [0.25, 0.3) is 23.0 Å². The minimum absolute atomic E-state index is 0.0494. The lowest BCUT2D eigenvalue weighted by atomic mass is 10.1. The molecule has 340 valence electrons. The SMILES string of the molecule is CCN(CC)CC.O=C(CCc1ccccc1)n1nc(-c2ccccn2)nc1CCc1ccccc1.O=C(Cl)CCc1ccccc1.c1ccc(CCc2nc(-c3ccccn3)n[nH]2)cc1. The van der Waals surface area contributed by atoms with E-state index in [9.17, 15) is 9.59 Å². The van der Waals surface area contributed by atoms with Crippen LogP contribution in [0, 0.1) is 0 Å². The van der Waals surface area contributed by atoms with E-state index in [-0.39, 0.29) is 11.1 Å². The molecule has 8 rings (SSSR count). The summed E-state index contributed by atoms with van der Waals surface area (Å²) in [6.07, 6.45) is 8.92. The molecule has 0 aliphatic rings. The standard InChI is InChI=1S/C24H22N4O.C15H14N4.C9H9ClO.C6H15N/c29-23(17-15-20-11-5-2-6-12-20)28-22(16-14-19-9-3-1-4-10-19)26-24(27-28)21-13-7-8-18-25-21;1-2-6-12(7-3-1)9-10-14-17-15(19-18-14)13-8-4-5-11-16-13;10-9(11)7-6-8-4-2-1-3-5-8;1-4-7(5-2)6-3/h1-13,18H,14-17H2;1-8,11H,9-10H2,(H,17,18,19);1-5H,6-7H2;4-6H2,1-3H3. The normalized spacial score (nSPS) is 10.4. The predicted molar refractivity (Wildman–Crippen MR) is 265 cm³/mol. The first kappa shape index (κ1) is 50.1. The van der Waals surface area contributed by atoms with Crippen LogP contribution in [0.3, 0.4) is 0 Å². The summed E-state index contributed by atoms with van der Waals surface area (Å²) in [7, 11) is 0. The summed E-state index contributed by atoms with van der Waals surface area (Å²) < 4.78 is 1.47. The lowest BCUT2D eigenvalue weighted by molar-refractivity contribution is -0.111. The topological polar surface area (TPSA) is 135 Å². The van der Waals surface area contributed by atoms with E-state index in [4.69, 9.17) is 11.6 Å². The van der Waals surface area contributed by atoms with Crippen LogP contribution >= 0.6 is 11.6 Å². The second kappa shape index (κ2) is 28.8. The van der Waals surface area contributed by atoms with Crippen molar-refractivity contribution in [1.82, 2.24) is 44.8 Å². The second-order valence-electron chi connectivity index (χ2n) is 15.1. The number of H-pyrrole nitrogens is 1. The van der Waals surface area contributed by atoms with Gasteiger partial charge in [-0.05, 0) is 103 Å². The molecule has 12 heteroatoms.